The Morgan fingerprint density at radius 1 is 1.12 bits per heavy atom. The van der Waals surface area contributed by atoms with Gasteiger partial charge in [-0.2, -0.15) is 13.9 Å². The molecule has 0 amide bonds. The van der Waals surface area contributed by atoms with E-state index in [1.54, 1.807) is 35.4 Å². The molecule has 0 unspecified atom stereocenters. The first-order chi connectivity index (χ1) is 11.0. The zero-order valence-electron chi connectivity index (χ0n) is 13.8. The molecule has 1 heterocycles. The van der Waals surface area contributed by atoms with Gasteiger partial charge in [0.25, 0.3) is 0 Å². The van der Waals surface area contributed by atoms with Gasteiger partial charge in [0.05, 0.1) is 14.1 Å². The minimum Gasteiger partial charge on any atom is -1.00 e. The van der Waals surface area contributed by atoms with Crippen LogP contribution in [0.1, 0.15) is 17.0 Å². The Balaban J connectivity index is 0.00000208. The predicted octanol–water partition coefficient (Wildman–Crippen LogP) is -0.449. The topological polar surface area (TPSA) is 46.1 Å². The van der Waals surface area contributed by atoms with Gasteiger partial charge in [-0.15, -0.1) is 0 Å². The zero-order chi connectivity index (χ0) is 16.6. The van der Waals surface area contributed by atoms with Gasteiger partial charge in [-0.1, -0.05) is 30.3 Å². The van der Waals surface area contributed by atoms with Gasteiger partial charge in [0.2, 0.25) is 0 Å². The fourth-order valence-electron chi connectivity index (χ4n) is 2.69. The normalized spacial score (nSPS) is 11.0. The van der Waals surface area contributed by atoms with E-state index in [0.29, 0.717) is 0 Å². The molecule has 0 fully saturated rings. The molecule has 0 aliphatic rings. The lowest BCUT2D eigenvalue weighted by molar-refractivity contribution is -0.692. The molecule has 1 aromatic heterocycles. The number of fused-ring (bicyclic) bond motifs is 1. The summed E-state index contributed by atoms with van der Waals surface area (Å²) in [7, 11) is 3.51. The van der Waals surface area contributed by atoms with E-state index in [4.69, 9.17) is 0 Å². The molecule has 2 aromatic carbocycles. The van der Waals surface area contributed by atoms with E-state index in [2.05, 4.69) is 0 Å². The van der Waals surface area contributed by atoms with Crippen LogP contribution in [0.25, 0.3) is 22.9 Å². The van der Waals surface area contributed by atoms with Crippen LogP contribution in [0.3, 0.4) is 0 Å². The fraction of sp³-hybridized carbons (Fsp3) is 0.158. The van der Waals surface area contributed by atoms with E-state index in [1.807, 2.05) is 49.4 Å². The van der Waals surface area contributed by atoms with E-state index < -0.39 is 0 Å². The largest absolute Gasteiger partial charge is 1.00 e. The van der Waals surface area contributed by atoms with Crippen molar-refractivity contribution in [3.8, 4) is 5.75 Å². The van der Waals surface area contributed by atoms with Gasteiger partial charge in [0.1, 0.15) is 17.1 Å². The highest BCUT2D eigenvalue weighted by Gasteiger charge is 2.11. The second kappa shape index (κ2) is 6.89. The second-order valence-corrected chi connectivity index (χ2v) is 5.70. The number of benzene rings is 2. The first kappa shape index (κ1) is 17.8. The number of halogens is 1. The first-order valence-corrected chi connectivity index (χ1v) is 7.44. The van der Waals surface area contributed by atoms with Crippen molar-refractivity contribution in [2.45, 2.75) is 6.92 Å². The third-order valence-corrected chi connectivity index (χ3v) is 4.16. The van der Waals surface area contributed by atoms with E-state index in [1.165, 1.54) is 0 Å². The molecule has 0 bridgehead atoms. The average molecular weight is 343 g/mol. The van der Waals surface area contributed by atoms with Crippen molar-refractivity contribution in [1.29, 1.82) is 0 Å². The number of aryl methyl sites for hydroxylation is 1. The molecule has 0 aliphatic carbocycles. The summed E-state index contributed by atoms with van der Waals surface area (Å²) < 4.78 is 3.22. The molecule has 0 saturated heterocycles. The summed E-state index contributed by atoms with van der Waals surface area (Å²) in [6.07, 6.45) is 3.83. The summed E-state index contributed by atoms with van der Waals surface area (Å²) in [6, 6.07) is 13.3. The Morgan fingerprint density at radius 3 is 2.58 bits per heavy atom. The molecular formula is C19H19ClN2O2. The smallest absolute Gasteiger partial charge is 0.498 e. The van der Waals surface area contributed by atoms with Crippen molar-refractivity contribution in [1.82, 2.24) is 4.57 Å². The number of hydrogen-bond donors (Lipinski definition) is 1. The third kappa shape index (κ3) is 3.19. The molecule has 0 aliphatic heterocycles. The standard InChI is InChI=1S/C19H18N2O2.ClH/c1-13-10-16(21(3)19(23)20(13)2)9-8-15-12-17(22)11-14-6-4-5-7-18(14)15;/h4-12H,1-3H3;1H/b9-8+;. The van der Waals surface area contributed by atoms with Crippen LogP contribution in [0, 0.1) is 6.92 Å². The van der Waals surface area contributed by atoms with E-state index >= 15 is 0 Å². The minimum atomic E-state index is -0.0644. The highest BCUT2D eigenvalue weighted by atomic mass is 35.5. The molecule has 4 nitrogen and oxygen atoms in total. The van der Waals surface area contributed by atoms with Gasteiger partial charge in [0.15, 0.2) is 0 Å². The second-order valence-electron chi connectivity index (χ2n) is 5.70. The molecule has 3 aromatic rings. The van der Waals surface area contributed by atoms with Gasteiger partial charge in [-0.3, -0.25) is 0 Å². The third-order valence-electron chi connectivity index (χ3n) is 4.16. The minimum absolute atomic E-state index is 0. The van der Waals surface area contributed by atoms with Crippen molar-refractivity contribution >= 4 is 22.9 Å². The van der Waals surface area contributed by atoms with Crippen LogP contribution in [0.15, 0.2) is 47.3 Å². The molecule has 24 heavy (non-hydrogen) atoms. The maximum absolute atomic E-state index is 12.1. The van der Waals surface area contributed by atoms with E-state index in [0.717, 1.165) is 27.7 Å². The van der Waals surface area contributed by atoms with Gasteiger partial charge in [0, 0.05) is 6.07 Å². The van der Waals surface area contributed by atoms with Crippen LogP contribution in [-0.2, 0) is 14.1 Å². The predicted molar refractivity (Wildman–Crippen MR) is 92.1 cm³/mol. The molecule has 0 radical (unpaired) electrons. The van der Waals surface area contributed by atoms with E-state index in [9.17, 15) is 9.90 Å². The number of aromatic hydroxyl groups is 1. The molecule has 124 valence electrons. The fourth-order valence-corrected chi connectivity index (χ4v) is 2.69. The summed E-state index contributed by atoms with van der Waals surface area (Å²) in [6.45, 7) is 1.91. The molecule has 0 saturated carbocycles. The van der Waals surface area contributed by atoms with Gasteiger partial charge in [-0.25, -0.2) is 0 Å². The van der Waals surface area contributed by atoms with Gasteiger partial charge >= 0.3 is 5.69 Å². The Hall–Kier alpha value is -2.59. The number of phenolic OH excluding ortho intramolecular Hbond substituents is 1. The summed E-state index contributed by atoms with van der Waals surface area (Å²) >= 11 is 0. The zero-order valence-corrected chi connectivity index (χ0v) is 14.6. The summed E-state index contributed by atoms with van der Waals surface area (Å²) in [5, 5.41) is 11.9. The van der Waals surface area contributed by atoms with Crippen LogP contribution in [0.2, 0.25) is 0 Å². The number of phenols is 1. The average Bonchev–Trinajstić information content (AvgIpc) is 2.54. The maximum atomic E-state index is 12.1. The monoisotopic (exact) mass is 342 g/mol. The van der Waals surface area contributed by atoms with Crippen molar-refractivity contribution in [3.05, 3.63) is 69.9 Å². The lowest BCUT2D eigenvalue weighted by Gasteiger charge is -2.05. The highest BCUT2D eigenvalue weighted by molar-refractivity contribution is 5.93. The van der Waals surface area contributed by atoms with Crippen molar-refractivity contribution in [3.63, 3.8) is 0 Å². The molecule has 1 N–H and O–H groups in total. The SMILES string of the molecule is Cc1cc(/C=C/c2cc(O)cc3ccccc23)[n+](C)c(=O)n1C.[Cl-]. The number of hydrogen-bond acceptors (Lipinski definition) is 2. The number of aromatic nitrogens is 2. The summed E-state index contributed by atoms with van der Waals surface area (Å²) in [4.78, 5) is 12.1. The Bertz CT molecular complexity index is 991. The van der Waals surface area contributed by atoms with Crippen molar-refractivity contribution in [2.75, 3.05) is 0 Å². The van der Waals surface area contributed by atoms with E-state index in [-0.39, 0.29) is 23.8 Å². The molecule has 0 spiro atoms. The lowest BCUT2D eigenvalue weighted by atomic mass is 10.0. The maximum Gasteiger partial charge on any atom is 0.498 e. The Labute approximate surface area is 146 Å². The van der Waals surface area contributed by atoms with Crippen molar-refractivity contribution < 1.29 is 22.1 Å². The highest BCUT2D eigenvalue weighted by Crippen LogP contribution is 2.25. The molecule has 3 rings (SSSR count). The van der Waals surface area contributed by atoms with Crippen LogP contribution in [0.4, 0.5) is 0 Å². The van der Waals surface area contributed by atoms with Crippen LogP contribution >= 0.6 is 0 Å². The Morgan fingerprint density at radius 2 is 1.83 bits per heavy atom. The summed E-state index contributed by atoms with van der Waals surface area (Å²) in [5.41, 5.74) is 2.57. The van der Waals surface area contributed by atoms with Crippen LogP contribution < -0.4 is 22.7 Å². The molecule has 0 atom stereocenters. The molecule has 5 heteroatoms. The van der Waals surface area contributed by atoms with Crippen LogP contribution in [-0.4, -0.2) is 9.67 Å². The first-order valence-electron chi connectivity index (χ1n) is 7.44. The Kier molecular flexibility index (Phi) is 5.10. The number of rotatable bonds is 2. The van der Waals surface area contributed by atoms with Gasteiger partial charge < -0.3 is 17.5 Å². The lowest BCUT2D eigenvalue weighted by Crippen LogP contribution is -3.00. The van der Waals surface area contributed by atoms with Gasteiger partial charge in [-0.05, 0) is 41.5 Å². The number of nitrogens with zero attached hydrogens (tertiary/aromatic N) is 2. The summed E-state index contributed by atoms with van der Waals surface area (Å²) in [5.74, 6) is 0.230. The van der Waals surface area contributed by atoms with Crippen molar-refractivity contribution in [2.24, 2.45) is 14.1 Å². The molecular weight excluding hydrogens is 324 g/mol. The van der Waals surface area contributed by atoms with Crippen LogP contribution in [0.5, 0.6) is 5.75 Å². The quantitative estimate of drug-likeness (QED) is 0.641.